The Balaban J connectivity index is 0.885. The minimum absolute atomic E-state index is 0.198. The summed E-state index contributed by atoms with van der Waals surface area (Å²) in [5, 5.41) is 13.5. The van der Waals surface area contributed by atoms with E-state index in [4.69, 9.17) is 21.1 Å². The summed E-state index contributed by atoms with van der Waals surface area (Å²) in [5.74, 6) is 1.11. The van der Waals surface area contributed by atoms with Crippen LogP contribution < -0.4 is 40.9 Å². The number of amides is 3. The number of halogens is 1. The molecule has 7 rings (SSSR count). The van der Waals surface area contributed by atoms with Gasteiger partial charge in [0, 0.05) is 61.3 Å². The van der Waals surface area contributed by atoms with E-state index in [1.165, 1.54) is 11.1 Å². The monoisotopic (exact) mass is 786 g/mol. The number of nitrogens with zero attached hydrogens (tertiary/aromatic N) is 4. The molecule has 3 aromatic carbocycles. The van der Waals surface area contributed by atoms with Gasteiger partial charge in [-0.1, -0.05) is 23.7 Å². The Morgan fingerprint density at radius 1 is 0.982 bits per heavy atom. The number of methoxy groups -OCH3 is 1. The molecule has 55 heavy (non-hydrogen) atoms. The van der Waals surface area contributed by atoms with E-state index in [0.29, 0.717) is 82.7 Å². The zero-order chi connectivity index (χ0) is 38.7. The molecule has 0 radical (unpaired) electrons. The van der Waals surface area contributed by atoms with Gasteiger partial charge in [-0.25, -0.2) is 4.98 Å². The number of benzene rings is 3. The summed E-state index contributed by atoms with van der Waals surface area (Å²) in [6.07, 6.45) is 3.99. The number of para-hydroxylation sites is 1. The van der Waals surface area contributed by atoms with Gasteiger partial charge in [0.05, 0.1) is 24.7 Å². The Morgan fingerprint density at radius 2 is 1.78 bits per heavy atom. The number of fused-ring (bicyclic) bond motifs is 1. The number of carbonyl (C=O) groups excluding carboxylic acids is 3. The second kappa shape index (κ2) is 16.3. The van der Waals surface area contributed by atoms with E-state index in [1.807, 2.05) is 48.5 Å². The summed E-state index contributed by atoms with van der Waals surface area (Å²) in [6.45, 7) is 6.65. The minimum Gasteiger partial charge on any atom is -0.494 e. The summed E-state index contributed by atoms with van der Waals surface area (Å²) in [7, 11) is -0.924. The lowest BCUT2D eigenvalue weighted by Gasteiger charge is -2.34. The third-order valence-corrected chi connectivity index (χ3v) is 11.9. The average molecular weight is 787 g/mol. The summed E-state index contributed by atoms with van der Waals surface area (Å²) in [5.41, 5.74) is 3.81. The first-order valence-corrected chi connectivity index (χ1v) is 21.2. The Hall–Kier alpha value is -5.17. The number of imide groups is 1. The Kier molecular flexibility index (Phi) is 11.3. The van der Waals surface area contributed by atoms with Crippen LogP contribution in [-0.4, -0.2) is 91.4 Å². The molecular formula is C39H44ClN8O6P. The molecule has 0 saturated carbocycles. The fourth-order valence-electron chi connectivity index (χ4n) is 7.21. The van der Waals surface area contributed by atoms with Gasteiger partial charge < -0.3 is 39.8 Å². The number of rotatable bonds is 13. The van der Waals surface area contributed by atoms with Gasteiger partial charge in [0.25, 0.3) is 5.91 Å². The molecule has 3 aliphatic rings. The van der Waals surface area contributed by atoms with Gasteiger partial charge >= 0.3 is 0 Å². The van der Waals surface area contributed by atoms with E-state index in [1.54, 1.807) is 32.6 Å². The van der Waals surface area contributed by atoms with Gasteiger partial charge in [-0.3, -0.25) is 19.7 Å². The molecule has 16 heteroatoms. The first kappa shape index (κ1) is 38.1. The number of anilines is 5. The number of carbonyl (C=O) groups is 3. The van der Waals surface area contributed by atoms with Crippen molar-refractivity contribution in [2.24, 2.45) is 0 Å². The lowest BCUT2D eigenvalue weighted by molar-refractivity contribution is -0.136. The smallest absolute Gasteiger partial charge is 0.255 e. The molecule has 0 bridgehead atoms. The number of hydrogen-bond acceptors (Lipinski definition) is 12. The molecule has 1 unspecified atom stereocenters. The van der Waals surface area contributed by atoms with Gasteiger partial charge in [-0.15, -0.1) is 0 Å². The van der Waals surface area contributed by atoms with Crippen LogP contribution in [0.25, 0.3) is 0 Å². The summed E-state index contributed by atoms with van der Waals surface area (Å²) < 4.78 is 24.6. The van der Waals surface area contributed by atoms with Crippen LogP contribution in [-0.2, 0) is 20.7 Å². The average Bonchev–Trinajstić information content (AvgIpc) is 3.49. The number of nitrogens with one attached hydrogen (secondary N) is 4. The van der Waals surface area contributed by atoms with Crippen molar-refractivity contribution in [2.45, 2.75) is 44.3 Å². The molecule has 2 saturated heterocycles. The second-order valence-electron chi connectivity index (χ2n) is 14.2. The van der Waals surface area contributed by atoms with Crippen molar-refractivity contribution >= 4 is 70.6 Å². The molecule has 0 aliphatic carbocycles. The molecule has 288 valence electrons. The van der Waals surface area contributed by atoms with Crippen LogP contribution in [0.2, 0.25) is 5.02 Å². The van der Waals surface area contributed by atoms with E-state index in [-0.39, 0.29) is 18.2 Å². The summed E-state index contributed by atoms with van der Waals surface area (Å²) in [4.78, 5) is 49.7. The molecule has 4 aromatic rings. The Labute approximate surface area is 324 Å². The normalized spacial score (nSPS) is 17.5. The quantitative estimate of drug-likeness (QED) is 0.0789. The third kappa shape index (κ3) is 8.72. The molecule has 1 aromatic heterocycles. The molecule has 4 N–H and O–H groups in total. The van der Waals surface area contributed by atoms with Gasteiger partial charge in [-0.2, -0.15) is 4.98 Å². The first-order valence-electron chi connectivity index (χ1n) is 18.2. The van der Waals surface area contributed by atoms with Crippen LogP contribution in [0.15, 0.2) is 66.9 Å². The molecule has 0 spiro atoms. The lowest BCUT2D eigenvalue weighted by atomic mass is 10.0. The van der Waals surface area contributed by atoms with Gasteiger partial charge in [0.15, 0.2) is 5.82 Å². The Bertz CT molecular complexity index is 2160. The largest absolute Gasteiger partial charge is 0.494 e. The van der Waals surface area contributed by atoms with E-state index in [2.05, 4.69) is 36.1 Å². The first-order chi connectivity index (χ1) is 26.5. The van der Waals surface area contributed by atoms with Gasteiger partial charge in [-0.05, 0) is 80.6 Å². The highest BCUT2D eigenvalue weighted by atomic mass is 35.5. The molecule has 14 nitrogen and oxygen atoms in total. The Morgan fingerprint density at radius 3 is 2.55 bits per heavy atom. The highest BCUT2D eigenvalue weighted by molar-refractivity contribution is 7.70. The van der Waals surface area contributed by atoms with Crippen molar-refractivity contribution < 1.29 is 28.4 Å². The van der Waals surface area contributed by atoms with Crippen molar-refractivity contribution in [1.82, 2.24) is 25.5 Å². The third-order valence-electron chi connectivity index (χ3n) is 10.1. The van der Waals surface area contributed by atoms with Crippen molar-refractivity contribution in [3.05, 3.63) is 83.0 Å². The van der Waals surface area contributed by atoms with E-state index in [9.17, 15) is 18.9 Å². The maximum atomic E-state index is 13.0. The fourth-order valence-corrected chi connectivity index (χ4v) is 8.50. The topological polar surface area (TPSA) is 167 Å². The number of piperidine rings is 2. The van der Waals surface area contributed by atoms with Crippen molar-refractivity contribution in [3.8, 4) is 11.5 Å². The van der Waals surface area contributed by atoms with Gasteiger partial charge in [0.2, 0.25) is 17.8 Å². The van der Waals surface area contributed by atoms with Crippen molar-refractivity contribution in [3.63, 3.8) is 0 Å². The van der Waals surface area contributed by atoms with Crippen LogP contribution in [0.5, 0.6) is 11.5 Å². The van der Waals surface area contributed by atoms with E-state index < -0.39 is 19.1 Å². The fraction of sp³-hybridized carbons (Fsp3) is 0.359. The van der Waals surface area contributed by atoms with Crippen LogP contribution in [0.1, 0.15) is 41.6 Å². The summed E-state index contributed by atoms with van der Waals surface area (Å²) >= 11 is 6.45. The maximum Gasteiger partial charge on any atom is 0.255 e. The number of aromatic nitrogens is 2. The van der Waals surface area contributed by atoms with Crippen LogP contribution in [0.4, 0.5) is 28.8 Å². The number of hydrogen-bond donors (Lipinski definition) is 4. The van der Waals surface area contributed by atoms with Crippen LogP contribution >= 0.6 is 18.7 Å². The molecule has 3 amide bonds. The second-order valence-corrected chi connectivity index (χ2v) is 17.8. The standard InChI is InChI=1S/C39H44ClN8O6P/c1-53-33-21-26(8-11-30(33)44-39-42-22-29(40)36(46-39)43-31-6-4-5-7-34(31)55(2,3)52)47-17-14-25(15-18-47)41-16-19-54-27-9-10-28-24(20-27)23-48(38(28)51)32-12-13-35(49)45-37(32)50/h4-11,20-22,25,32,41H,12-19,23H2,1-3H3,(H,45,49,50)(H2,42,43,44,46). The maximum absolute atomic E-state index is 13.0. The molecule has 2 fully saturated rings. The van der Waals surface area contributed by atoms with Crippen molar-refractivity contribution in [2.75, 3.05) is 62.2 Å². The summed E-state index contributed by atoms with van der Waals surface area (Å²) in [6, 6.07) is 18.5. The van der Waals surface area contributed by atoms with Gasteiger partial charge in [0.1, 0.15) is 36.3 Å². The molecule has 4 heterocycles. The van der Waals surface area contributed by atoms with Crippen molar-refractivity contribution in [1.29, 1.82) is 0 Å². The van der Waals surface area contributed by atoms with Crippen LogP contribution in [0, 0.1) is 0 Å². The molecular weight excluding hydrogens is 743 g/mol. The highest BCUT2D eigenvalue weighted by Gasteiger charge is 2.39. The zero-order valence-electron chi connectivity index (χ0n) is 30.9. The van der Waals surface area contributed by atoms with E-state index >= 15 is 0 Å². The highest BCUT2D eigenvalue weighted by Crippen LogP contribution is 2.39. The molecule has 3 aliphatic heterocycles. The number of ether oxygens (including phenoxy) is 2. The molecule has 1 atom stereocenters. The zero-order valence-corrected chi connectivity index (χ0v) is 32.6. The predicted octanol–water partition coefficient (Wildman–Crippen LogP) is 5.27. The minimum atomic E-state index is -2.55. The SMILES string of the molecule is COc1cc(N2CCC(NCCOc3ccc4c(c3)CN(C3CCC(=O)NC3=O)C4=O)CC2)ccc1Nc1ncc(Cl)c(Nc2ccccc2P(C)(C)=O)n1. The van der Waals surface area contributed by atoms with Crippen LogP contribution in [0.3, 0.4) is 0 Å². The van der Waals surface area contributed by atoms with E-state index in [0.717, 1.165) is 37.2 Å². The lowest BCUT2D eigenvalue weighted by Crippen LogP contribution is -2.52. The predicted molar refractivity (Wildman–Crippen MR) is 213 cm³/mol.